The van der Waals surface area contributed by atoms with Gasteiger partial charge in [-0.2, -0.15) is 0 Å². The molecule has 0 radical (unpaired) electrons. The summed E-state index contributed by atoms with van der Waals surface area (Å²) in [5.41, 5.74) is 6.32. The van der Waals surface area contributed by atoms with E-state index in [0.717, 1.165) is 34.3 Å². The van der Waals surface area contributed by atoms with Crippen LogP contribution in [0.25, 0.3) is 11.3 Å². The Labute approximate surface area is 204 Å². The topological polar surface area (TPSA) is 86.3 Å². The quantitative estimate of drug-likeness (QED) is 0.287. The molecule has 2 aromatic carbocycles. The van der Waals surface area contributed by atoms with Gasteiger partial charge in [0.15, 0.2) is 5.13 Å². The van der Waals surface area contributed by atoms with E-state index in [1.807, 2.05) is 48.2 Å². The molecule has 1 saturated carbocycles. The van der Waals surface area contributed by atoms with E-state index in [-0.39, 0.29) is 6.04 Å². The molecule has 9 heteroatoms. The molecule has 2 unspecified atom stereocenters. The minimum Gasteiger partial charge on any atom is -0.374 e. The Hall–Kier alpha value is -2.33. The van der Waals surface area contributed by atoms with Crippen LogP contribution in [0.1, 0.15) is 24.0 Å². The van der Waals surface area contributed by atoms with Gasteiger partial charge in [-0.3, -0.25) is 9.27 Å². The van der Waals surface area contributed by atoms with Gasteiger partial charge in [0.05, 0.1) is 17.1 Å². The van der Waals surface area contributed by atoms with Crippen LogP contribution in [0, 0.1) is 12.8 Å². The molecule has 3 atom stereocenters. The second-order valence-electron chi connectivity index (χ2n) is 8.41. The summed E-state index contributed by atoms with van der Waals surface area (Å²) in [4.78, 5) is 4.88. The Morgan fingerprint density at radius 2 is 2.00 bits per heavy atom. The van der Waals surface area contributed by atoms with Gasteiger partial charge in [0.1, 0.15) is 0 Å². The van der Waals surface area contributed by atoms with Crippen LogP contribution in [0.2, 0.25) is 0 Å². The molecule has 1 fully saturated rings. The number of aromatic nitrogens is 1. The largest absolute Gasteiger partial charge is 0.374 e. The van der Waals surface area contributed by atoms with Gasteiger partial charge < -0.3 is 10.6 Å². The zero-order valence-corrected chi connectivity index (χ0v) is 20.6. The molecule has 1 aliphatic carbocycles. The van der Waals surface area contributed by atoms with Crippen molar-refractivity contribution in [2.45, 2.75) is 37.6 Å². The second-order valence-corrected chi connectivity index (χ2v) is 11.0. The lowest BCUT2D eigenvalue weighted by atomic mass is 10.0. The minimum absolute atomic E-state index is 0.0582. The smallest absolute Gasteiger partial charge is 0.259 e. The van der Waals surface area contributed by atoms with Crippen LogP contribution in [0.4, 0.5) is 10.8 Å². The van der Waals surface area contributed by atoms with Gasteiger partial charge >= 0.3 is 0 Å². The van der Waals surface area contributed by atoms with Gasteiger partial charge in [0.2, 0.25) is 0 Å². The third kappa shape index (κ3) is 5.60. The third-order valence-electron chi connectivity index (χ3n) is 5.90. The van der Waals surface area contributed by atoms with Crippen LogP contribution < -0.4 is 15.4 Å². The maximum atomic E-state index is 11.0. The molecule has 5 rings (SSSR count). The van der Waals surface area contributed by atoms with E-state index in [0.29, 0.717) is 11.1 Å². The Morgan fingerprint density at radius 1 is 1.21 bits per heavy atom. The van der Waals surface area contributed by atoms with E-state index in [1.54, 1.807) is 11.3 Å². The lowest BCUT2D eigenvalue weighted by Crippen LogP contribution is -2.34. The van der Waals surface area contributed by atoms with E-state index in [2.05, 4.69) is 45.2 Å². The van der Waals surface area contributed by atoms with Crippen molar-refractivity contribution >= 4 is 45.2 Å². The third-order valence-corrected chi connectivity index (χ3v) is 8.27. The predicted octanol–water partition coefficient (Wildman–Crippen LogP) is 5.60. The van der Waals surface area contributed by atoms with Gasteiger partial charge in [0, 0.05) is 22.3 Å². The van der Waals surface area contributed by atoms with E-state index in [9.17, 15) is 4.21 Å². The van der Waals surface area contributed by atoms with E-state index >= 15 is 0 Å². The molecule has 2 aliphatic rings. The van der Waals surface area contributed by atoms with Gasteiger partial charge in [-0.15, -0.1) is 23.1 Å². The molecule has 1 aliphatic heterocycles. The first-order chi connectivity index (χ1) is 16.0. The van der Waals surface area contributed by atoms with Crippen molar-refractivity contribution in [1.29, 1.82) is 0 Å². The molecule has 6 nitrogen and oxygen atoms in total. The maximum Gasteiger partial charge on any atom is 0.259 e. The standard InChI is InChI=1S/C24H26N4O2S3/c1-15-4-2-3-5-19(15)21-13-32-24(27-21)26-20(22-14-31-23(25-22)17-8-9-17)12-16-6-10-18(11-7-16)28-33(29)30/h2-7,10-11,13-14,17,20,23,25,28H,8-9,12H2,1H3,(H,26,27)(H,29,30)/t20-,23?/m0/s1. The average Bonchev–Trinajstić information content (AvgIpc) is 3.34. The molecule has 4 N–H and O–H groups in total. The lowest BCUT2D eigenvalue weighted by Gasteiger charge is -2.22. The first-order valence-electron chi connectivity index (χ1n) is 10.9. The summed E-state index contributed by atoms with van der Waals surface area (Å²) in [6, 6.07) is 16.0. The van der Waals surface area contributed by atoms with Crippen LogP contribution >= 0.6 is 23.1 Å². The zero-order valence-electron chi connectivity index (χ0n) is 18.2. The number of thiazole rings is 1. The van der Waals surface area contributed by atoms with Crippen LogP contribution in [0.15, 0.2) is 65.0 Å². The van der Waals surface area contributed by atoms with Crippen molar-refractivity contribution < 1.29 is 8.76 Å². The van der Waals surface area contributed by atoms with Crippen molar-refractivity contribution in [2.75, 3.05) is 10.0 Å². The maximum absolute atomic E-state index is 11.0. The number of rotatable bonds is 9. The molecule has 0 bridgehead atoms. The monoisotopic (exact) mass is 498 g/mol. The summed E-state index contributed by atoms with van der Waals surface area (Å²) < 4.78 is 22.5. The number of thioether (sulfide) groups is 1. The van der Waals surface area contributed by atoms with Crippen LogP contribution in [-0.4, -0.2) is 25.2 Å². The predicted molar refractivity (Wildman–Crippen MR) is 140 cm³/mol. The summed E-state index contributed by atoms with van der Waals surface area (Å²) in [7, 11) is 0. The Bertz CT molecular complexity index is 1170. The first-order valence-corrected chi connectivity index (χ1v) is 13.8. The highest BCUT2D eigenvalue weighted by atomic mass is 32.2. The number of hydrogen-bond donors (Lipinski definition) is 4. The Kier molecular flexibility index (Phi) is 6.73. The Morgan fingerprint density at radius 3 is 2.73 bits per heavy atom. The molecule has 1 aromatic heterocycles. The fraction of sp³-hybridized carbons (Fsp3) is 0.292. The van der Waals surface area contributed by atoms with Gasteiger partial charge in [-0.05, 0) is 60.8 Å². The van der Waals surface area contributed by atoms with Crippen LogP contribution in [0.3, 0.4) is 0 Å². The van der Waals surface area contributed by atoms with Gasteiger partial charge in [0.25, 0.3) is 11.3 Å². The molecule has 172 valence electrons. The highest BCUT2D eigenvalue weighted by molar-refractivity contribution is 8.03. The summed E-state index contributed by atoms with van der Waals surface area (Å²) in [5, 5.41) is 13.1. The molecule has 0 spiro atoms. The molecular formula is C24H26N4O2S3. The summed E-state index contributed by atoms with van der Waals surface area (Å²) >= 11 is 1.43. The number of nitrogens with one attached hydrogen (secondary N) is 3. The Balaban J connectivity index is 1.34. The van der Waals surface area contributed by atoms with Crippen molar-refractivity contribution in [3.63, 3.8) is 0 Å². The van der Waals surface area contributed by atoms with Crippen molar-refractivity contribution in [1.82, 2.24) is 10.3 Å². The van der Waals surface area contributed by atoms with Gasteiger partial charge in [-0.25, -0.2) is 9.19 Å². The minimum atomic E-state index is -2.07. The summed E-state index contributed by atoms with van der Waals surface area (Å²) in [6.07, 6.45) is 3.38. The lowest BCUT2D eigenvalue weighted by molar-refractivity contribution is 0.570. The summed E-state index contributed by atoms with van der Waals surface area (Å²) in [5.74, 6) is 0.765. The number of hydrogen-bond acceptors (Lipinski definition) is 6. The van der Waals surface area contributed by atoms with Crippen LogP contribution in [-0.2, 0) is 17.7 Å². The summed E-state index contributed by atoms with van der Waals surface area (Å²) in [6.45, 7) is 2.11. The number of anilines is 2. The van der Waals surface area contributed by atoms with Crippen molar-refractivity contribution in [3.8, 4) is 11.3 Å². The average molecular weight is 499 g/mol. The molecule has 33 heavy (non-hydrogen) atoms. The molecule has 0 amide bonds. The van der Waals surface area contributed by atoms with Crippen molar-refractivity contribution in [3.05, 3.63) is 76.1 Å². The zero-order chi connectivity index (χ0) is 22.8. The van der Waals surface area contributed by atoms with E-state index < -0.39 is 11.3 Å². The fourth-order valence-corrected chi connectivity index (χ4v) is 6.27. The van der Waals surface area contributed by atoms with E-state index in [4.69, 9.17) is 9.54 Å². The number of benzene rings is 2. The first kappa shape index (κ1) is 22.5. The van der Waals surface area contributed by atoms with Crippen molar-refractivity contribution in [2.24, 2.45) is 5.92 Å². The molecule has 2 heterocycles. The molecule has 3 aromatic rings. The normalized spacial score (nSPS) is 19.5. The van der Waals surface area contributed by atoms with Crippen LogP contribution in [0.5, 0.6) is 0 Å². The van der Waals surface area contributed by atoms with Gasteiger partial charge in [-0.1, -0.05) is 36.4 Å². The highest BCUT2D eigenvalue weighted by Gasteiger charge is 2.35. The fourth-order valence-electron chi connectivity index (χ4n) is 3.95. The SMILES string of the molecule is Cc1ccccc1-c1csc(N[C@@H](Cc2ccc(NS(=O)O)cc2)C2=CSC(C3CC3)N2)n1. The van der Waals surface area contributed by atoms with E-state index in [1.165, 1.54) is 24.1 Å². The highest BCUT2D eigenvalue weighted by Crippen LogP contribution is 2.42. The molecule has 0 saturated heterocycles. The number of nitrogens with zero attached hydrogens (tertiary/aromatic N) is 1. The molecular weight excluding hydrogens is 472 g/mol. The number of aryl methyl sites for hydroxylation is 1. The second kappa shape index (κ2) is 9.89.